The van der Waals surface area contributed by atoms with Gasteiger partial charge >= 0.3 is 6.03 Å². The molecule has 0 saturated heterocycles. The number of benzene rings is 3. The minimum absolute atomic E-state index is 0.00353. The average molecular weight is 362 g/mol. The van der Waals surface area contributed by atoms with Crippen LogP contribution >= 0.6 is 0 Å². The number of amidine groups is 1. The quantitative estimate of drug-likeness (QED) is 0.236. The molecule has 2 amide bonds. The zero-order valence-corrected chi connectivity index (χ0v) is 14.3. The summed E-state index contributed by atoms with van der Waals surface area (Å²) in [4.78, 5) is 12.1. The van der Waals surface area contributed by atoms with Crippen molar-refractivity contribution < 1.29 is 14.7 Å². The zero-order chi connectivity index (χ0) is 19.1. The molecule has 7 nitrogen and oxygen atoms in total. The first kappa shape index (κ1) is 17.8. The molecule has 0 atom stereocenters. The van der Waals surface area contributed by atoms with E-state index in [0.717, 1.165) is 5.75 Å². The molecule has 3 rings (SSSR count). The van der Waals surface area contributed by atoms with Gasteiger partial charge in [0.15, 0.2) is 5.84 Å². The van der Waals surface area contributed by atoms with E-state index in [2.05, 4.69) is 15.8 Å². The number of amides is 2. The Morgan fingerprint density at radius 1 is 0.815 bits per heavy atom. The lowest BCUT2D eigenvalue weighted by atomic mass is 10.2. The maximum atomic E-state index is 12.1. The Bertz CT molecular complexity index is 924. The Morgan fingerprint density at radius 2 is 1.33 bits per heavy atom. The first-order valence-corrected chi connectivity index (χ1v) is 8.13. The largest absolute Gasteiger partial charge is 0.457 e. The van der Waals surface area contributed by atoms with E-state index in [1.807, 2.05) is 30.3 Å². The van der Waals surface area contributed by atoms with Crippen LogP contribution < -0.4 is 21.1 Å². The predicted molar refractivity (Wildman–Crippen MR) is 105 cm³/mol. The number of nitrogens with two attached hydrogens (primary N) is 1. The van der Waals surface area contributed by atoms with E-state index in [-0.39, 0.29) is 11.9 Å². The molecule has 0 saturated carbocycles. The molecule has 0 fully saturated rings. The van der Waals surface area contributed by atoms with Crippen LogP contribution in [0.4, 0.5) is 16.2 Å². The van der Waals surface area contributed by atoms with Gasteiger partial charge in [-0.25, -0.2) is 4.79 Å². The molecule has 0 aliphatic carbocycles. The number of carbonyl (C=O) groups excluding carboxylic acids is 1. The molecular weight excluding hydrogens is 344 g/mol. The number of hydrogen-bond acceptors (Lipinski definition) is 4. The van der Waals surface area contributed by atoms with E-state index < -0.39 is 0 Å². The van der Waals surface area contributed by atoms with Crippen LogP contribution in [0.5, 0.6) is 11.5 Å². The number of anilines is 2. The molecular formula is C20H18N4O3. The maximum Gasteiger partial charge on any atom is 0.323 e. The minimum Gasteiger partial charge on any atom is -0.457 e. The molecule has 3 aromatic rings. The third-order valence-electron chi connectivity index (χ3n) is 3.64. The summed E-state index contributed by atoms with van der Waals surface area (Å²) in [5.74, 6) is 1.42. The lowest BCUT2D eigenvalue weighted by Crippen LogP contribution is -2.19. The van der Waals surface area contributed by atoms with Gasteiger partial charge in [0.2, 0.25) is 0 Å². The van der Waals surface area contributed by atoms with Gasteiger partial charge in [-0.15, -0.1) is 0 Å². The Hall–Kier alpha value is -4.00. The van der Waals surface area contributed by atoms with Crippen LogP contribution in [0, 0.1) is 0 Å². The third-order valence-corrected chi connectivity index (χ3v) is 3.64. The monoisotopic (exact) mass is 362 g/mol. The van der Waals surface area contributed by atoms with Gasteiger partial charge in [0.1, 0.15) is 11.5 Å². The second kappa shape index (κ2) is 8.39. The van der Waals surface area contributed by atoms with Crippen LogP contribution in [0.2, 0.25) is 0 Å². The van der Waals surface area contributed by atoms with Crippen LogP contribution in [0.25, 0.3) is 0 Å². The molecule has 27 heavy (non-hydrogen) atoms. The van der Waals surface area contributed by atoms with Crippen LogP contribution in [-0.2, 0) is 0 Å². The fourth-order valence-electron chi connectivity index (χ4n) is 2.31. The summed E-state index contributed by atoms with van der Waals surface area (Å²) in [6, 6.07) is 22.7. The Kier molecular flexibility index (Phi) is 5.54. The van der Waals surface area contributed by atoms with Gasteiger partial charge in [0.05, 0.1) is 0 Å². The SMILES string of the molecule is NC(=NO)c1ccc(NC(=O)Nc2ccc(Oc3ccccc3)cc2)cc1. The van der Waals surface area contributed by atoms with E-state index >= 15 is 0 Å². The second-order valence-electron chi connectivity index (χ2n) is 5.58. The maximum absolute atomic E-state index is 12.1. The highest BCUT2D eigenvalue weighted by atomic mass is 16.5. The first-order valence-electron chi connectivity index (χ1n) is 8.13. The van der Waals surface area contributed by atoms with Gasteiger partial charge in [-0.1, -0.05) is 23.4 Å². The smallest absolute Gasteiger partial charge is 0.323 e. The van der Waals surface area contributed by atoms with Crippen molar-refractivity contribution in [1.82, 2.24) is 0 Å². The van der Waals surface area contributed by atoms with E-state index in [0.29, 0.717) is 22.7 Å². The van der Waals surface area contributed by atoms with E-state index in [1.165, 1.54) is 0 Å². The second-order valence-corrected chi connectivity index (χ2v) is 5.58. The van der Waals surface area contributed by atoms with Crippen LogP contribution in [0.1, 0.15) is 5.56 Å². The Morgan fingerprint density at radius 3 is 1.89 bits per heavy atom. The molecule has 0 bridgehead atoms. The van der Waals surface area contributed by atoms with E-state index in [9.17, 15) is 4.79 Å². The molecule has 0 aliphatic heterocycles. The first-order chi connectivity index (χ1) is 13.1. The van der Waals surface area contributed by atoms with Crippen LogP contribution in [0.3, 0.4) is 0 Å². The number of oxime groups is 1. The standard InChI is InChI=1S/C20H18N4O3/c21-19(24-26)14-6-8-15(9-7-14)22-20(25)23-16-10-12-18(13-11-16)27-17-4-2-1-3-5-17/h1-13,26H,(H2,21,24)(H2,22,23,25). The van der Waals surface area contributed by atoms with Gasteiger partial charge in [-0.3, -0.25) is 0 Å². The normalized spacial score (nSPS) is 10.9. The predicted octanol–water partition coefficient (Wildman–Crippen LogP) is 4.22. The summed E-state index contributed by atoms with van der Waals surface area (Å²) in [5.41, 5.74) is 7.25. The van der Waals surface area contributed by atoms with Gasteiger partial charge in [-0.05, 0) is 60.7 Å². The Balaban J connectivity index is 1.56. The summed E-state index contributed by atoms with van der Waals surface area (Å²) >= 11 is 0. The molecule has 0 spiro atoms. The van der Waals surface area contributed by atoms with Gasteiger partial charge < -0.3 is 26.3 Å². The number of nitrogens with one attached hydrogen (secondary N) is 2. The van der Waals surface area contributed by atoms with Crippen LogP contribution in [-0.4, -0.2) is 17.1 Å². The summed E-state index contributed by atoms with van der Waals surface area (Å²) in [7, 11) is 0. The molecule has 0 aromatic heterocycles. The average Bonchev–Trinajstić information content (AvgIpc) is 2.70. The Labute approximate surface area is 156 Å². The molecule has 7 heteroatoms. The van der Waals surface area contributed by atoms with Gasteiger partial charge in [-0.2, -0.15) is 0 Å². The molecule has 0 unspecified atom stereocenters. The molecule has 0 aliphatic rings. The van der Waals surface area contributed by atoms with E-state index in [4.69, 9.17) is 15.7 Å². The fourth-order valence-corrected chi connectivity index (χ4v) is 2.31. The molecule has 5 N–H and O–H groups in total. The fraction of sp³-hybridized carbons (Fsp3) is 0. The highest BCUT2D eigenvalue weighted by Gasteiger charge is 2.05. The number of urea groups is 1. The molecule has 0 heterocycles. The molecule has 3 aromatic carbocycles. The van der Waals surface area contributed by atoms with Crippen molar-refractivity contribution in [3.63, 3.8) is 0 Å². The van der Waals surface area contributed by atoms with Crippen molar-refractivity contribution >= 4 is 23.2 Å². The number of para-hydroxylation sites is 1. The van der Waals surface area contributed by atoms with Crippen LogP contribution in [0.15, 0.2) is 84.0 Å². The number of hydrogen-bond donors (Lipinski definition) is 4. The van der Waals surface area contributed by atoms with Crippen molar-refractivity contribution in [2.45, 2.75) is 0 Å². The number of nitrogens with zero attached hydrogens (tertiary/aromatic N) is 1. The highest BCUT2D eigenvalue weighted by Crippen LogP contribution is 2.22. The number of ether oxygens (including phenoxy) is 1. The highest BCUT2D eigenvalue weighted by molar-refractivity contribution is 6.01. The summed E-state index contributed by atoms with van der Waals surface area (Å²) < 4.78 is 5.71. The van der Waals surface area contributed by atoms with E-state index in [1.54, 1.807) is 48.5 Å². The van der Waals surface area contributed by atoms with Crippen molar-refractivity contribution in [2.24, 2.45) is 10.9 Å². The number of rotatable bonds is 5. The minimum atomic E-state index is -0.386. The lowest BCUT2D eigenvalue weighted by molar-refractivity contribution is 0.262. The van der Waals surface area contributed by atoms with Crippen molar-refractivity contribution in [3.8, 4) is 11.5 Å². The topological polar surface area (TPSA) is 109 Å². The lowest BCUT2D eigenvalue weighted by Gasteiger charge is -2.09. The van der Waals surface area contributed by atoms with Crippen molar-refractivity contribution in [3.05, 3.63) is 84.4 Å². The van der Waals surface area contributed by atoms with Gasteiger partial charge in [0, 0.05) is 16.9 Å². The number of carbonyl (C=O) groups is 1. The summed E-state index contributed by atoms with van der Waals surface area (Å²) in [5, 5.41) is 17.0. The molecule has 136 valence electrons. The summed E-state index contributed by atoms with van der Waals surface area (Å²) in [6.07, 6.45) is 0. The zero-order valence-electron chi connectivity index (χ0n) is 14.3. The van der Waals surface area contributed by atoms with Gasteiger partial charge in [0.25, 0.3) is 0 Å². The summed E-state index contributed by atoms with van der Waals surface area (Å²) in [6.45, 7) is 0. The molecule has 0 radical (unpaired) electrons. The van der Waals surface area contributed by atoms with Crippen molar-refractivity contribution in [1.29, 1.82) is 0 Å². The third kappa shape index (κ3) is 4.99. The van der Waals surface area contributed by atoms with Crippen molar-refractivity contribution in [2.75, 3.05) is 10.6 Å².